The molecule has 1 atom stereocenters. The standard InChI is InChI=1S/C17H16ClN5O/c18-11-5-3-10(4-6-11)15-2-1-7-23(15)17(24)13-8-12-14(9-20-13)21-22-16(12)19/h3-6,8-9,15H,1-2,7H2,(H3,19,21,22)/t15-/m0/s1. The molecule has 1 saturated heterocycles. The molecule has 0 aliphatic carbocycles. The van der Waals surface area contributed by atoms with Gasteiger partial charge in [0, 0.05) is 17.0 Å². The Morgan fingerprint density at radius 1 is 1.33 bits per heavy atom. The number of hydrogen-bond donors (Lipinski definition) is 2. The Bertz CT molecular complexity index is 905. The molecule has 1 amide bonds. The van der Waals surface area contributed by atoms with Crippen LogP contribution in [0.1, 0.15) is 34.9 Å². The number of carbonyl (C=O) groups is 1. The van der Waals surface area contributed by atoms with Gasteiger partial charge < -0.3 is 10.6 Å². The third-order valence-corrected chi connectivity index (χ3v) is 4.72. The summed E-state index contributed by atoms with van der Waals surface area (Å²) in [7, 11) is 0. The Morgan fingerprint density at radius 2 is 2.12 bits per heavy atom. The third kappa shape index (κ3) is 2.49. The van der Waals surface area contributed by atoms with Crippen molar-refractivity contribution in [1.82, 2.24) is 20.1 Å². The van der Waals surface area contributed by atoms with E-state index in [0.29, 0.717) is 23.1 Å². The number of amides is 1. The van der Waals surface area contributed by atoms with Crippen molar-refractivity contribution in [2.24, 2.45) is 0 Å². The summed E-state index contributed by atoms with van der Waals surface area (Å²) in [5.74, 6) is 0.284. The number of nitrogen functional groups attached to an aromatic ring is 1. The number of halogens is 1. The molecule has 1 aromatic carbocycles. The zero-order valence-corrected chi connectivity index (χ0v) is 13.6. The predicted octanol–water partition coefficient (Wildman–Crippen LogP) is 3.17. The molecule has 1 fully saturated rings. The van der Waals surface area contributed by atoms with Crippen molar-refractivity contribution in [3.8, 4) is 0 Å². The van der Waals surface area contributed by atoms with Crippen molar-refractivity contribution in [3.63, 3.8) is 0 Å². The van der Waals surface area contributed by atoms with E-state index in [4.69, 9.17) is 17.3 Å². The van der Waals surface area contributed by atoms with E-state index < -0.39 is 0 Å². The number of nitrogens with two attached hydrogens (primary N) is 1. The smallest absolute Gasteiger partial charge is 0.272 e. The van der Waals surface area contributed by atoms with Crippen molar-refractivity contribution in [3.05, 3.63) is 52.8 Å². The fourth-order valence-electron chi connectivity index (χ4n) is 3.24. The molecular weight excluding hydrogens is 326 g/mol. The van der Waals surface area contributed by atoms with Crippen molar-refractivity contribution in [2.75, 3.05) is 12.3 Å². The molecule has 0 spiro atoms. The van der Waals surface area contributed by atoms with Crippen LogP contribution in [-0.4, -0.2) is 32.5 Å². The SMILES string of the molecule is Nc1n[nH]c2cnc(C(=O)N3CCC[C@H]3c3ccc(Cl)cc3)cc12. The van der Waals surface area contributed by atoms with Crippen LogP contribution in [0.4, 0.5) is 5.82 Å². The van der Waals surface area contributed by atoms with E-state index >= 15 is 0 Å². The van der Waals surface area contributed by atoms with Crippen molar-refractivity contribution in [2.45, 2.75) is 18.9 Å². The number of nitrogens with one attached hydrogen (secondary N) is 1. The van der Waals surface area contributed by atoms with Crippen molar-refractivity contribution in [1.29, 1.82) is 0 Å². The van der Waals surface area contributed by atoms with Crippen LogP contribution in [0.2, 0.25) is 5.02 Å². The third-order valence-electron chi connectivity index (χ3n) is 4.46. The molecule has 24 heavy (non-hydrogen) atoms. The lowest BCUT2D eigenvalue weighted by molar-refractivity contribution is 0.0730. The predicted molar refractivity (Wildman–Crippen MR) is 92.8 cm³/mol. The second-order valence-electron chi connectivity index (χ2n) is 5.93. The normalized spacial score (nSPS) is 17.5. The van der Waals surface area contributed by atoms with Gasteiger partial charge in [0.05, 0.1) is 17.8 Å². The molecule has 0 radical (unpaired) electrons. The highest BCUT2D eigenvalue weighted by Gasteiger charge is 2.31. The Morgan fingerprint density at radius 3 is 2.92 bits per heavy atom. The second-order valence-corrected chi connectivity index (χ2v) is 6.37. The second kappa shape index (κ2) is 5.79. The highest BCUT2D eigenvalue weighted by Crippen LogP contribution is 2.33. The maximum absolute atomic E-state index is 12.9. The van der Waals surface area contributed by atoms with Crippen LogP contribution < -0.4 is 5.73 Å². The molecule has 0 unspecified atom stereocenters. The van der Waals surface area contributed by atoms with Crippen molar-refractivity contribution < 1.29 is 4.79 Å². The van der Waals surface area contributed by atoms with Crippen LogP contribution in [0.3, 0.4) is 0 Å². The Balaban J connectivity index is 1.66. The quantitative estimate of drug-likeness (QED) is 0.749. The minimum absolute atomic E-state index is 0.0500. The molecule has 1 aliphatic heterocycles. The zero-order valence-electron chi connectivity index (χ0n) is 12.9. The van der Waals surface area contributed by atoms with E-state index in [1.807, 2.05) is 29.2 Å². The van der Waals surface area contributed by atoms with Crippen LogP contribution in [0.25, 0.3) is 10.9 Å². The summed E-state index contributed by atoms with van der Waals surface area (Å²) in [6.07, 6.45) is 3.50. The summed E-state index contributed by atoms with van der Waals surface area (Å²) in [6.45, 7) is 0.715. The first-order chi connectivity index (χ1) is 11.6. The van der Waals surface area contributed by atoms with Gasteiger partial charge in [0.1, 0.15) is 5.69 Å². The number of fused-ring (bicyclic) bond motifs is 1. The van der Waals surface area contributed by atoms with E-state index in [9.17, 15) is 4.79 Å². The molecule has 122 valence electrons. The van der Waals surface area contributed by atoms with Gasteiger partial charge in [-0.05, 0) is 36.6 Å². The van der Waals surface area contributed by atoms with E-state index in [2.05, 4.69) is 15.2 Å². The Kier molecular flexibility index (Phi) is 3.61. The molecule has 6 nitrogen and oxygen atoms in total. The molecular formula is C17H16ClN5O. The summed E-state index contributed by atoms with van der Waals surface area (Å²) in [4.78, 5) is 19.1. The fraction of sp³-hybridized carbons (Fsp3) is 0.235. The molecule has 0 saturated carbocycles. The van der Waals surface area contributed by atoms with E-state index in [0.717, 1.165) is 29.3 Å². The van der Waals surface area contributed by atoms with Crippen molar-refractivity contribution >= 4 is 34.2 Å². The number of carbonyl (C=O) groups excluding carboxylic acids is 1. The fourth-order valence-corrected chi connectivity index (χ4v) is 3.37. The summed E-state index contributed by atoms with van der Waals surface area (Å²) in [5, 5.41) is 8.14. The topological polar surface area (TPSA) is 87.9 Å². The lowest BCUT2D eigenvalue weighted by Gasteiger charge is -2.25. The molecule has 2 aromatic heterocycles. The van der Waals surface area contributed by atoms with Crippen LogP contribution in [-0.2, 0) is 0 Å². The van der Waals surface area contributed by atoms with E-state index in [-0.39, 0.29) is 11.9 Å². The number of H-pyrrole nitrogens is 1. The number of nitrogens with zero attached hydrogens (tertiary/aromatic N) is 3. The number of anilines is 1. The maximum Gasteiger partial charge on any atom is 0.272 e. The Labute approximate surface area is 143 Å². The molecule has 7 heteroatoms. The monoisotopic (exact) mass is 341 g/mol. The number of aromatic nitrogens is 3. The maximum atomic E-state index is 12.9. The molecule has 3 aromatic rings. The highest BCUT2D eigenvalue weighted by molar-refractivity contribution is 6.30. The van der Waals surface area contributed by atoms with Gasteiger partial charge in [-0.1, -0.05) is 23.7 Å². The van der Waals surface area contributed by atoms with E-state index in [1.54, 1.807) is 12.3 Å². The van der Waals surface area contributed by atoms with Gasteiger partial charge >= 0.3 is 0 Å². The number of benzene rings is 1. The summed E-state index contributed by atoms with van der Waals surface area (Å²) in [5.41, 5.74) is 8.02. The van der Waals surface area contributed by atoms with Gasteiger partial charge in [0.15, 0.2) is 5.82 Å². The number of pyridine rings is 1. The average molecular weight is 342 g/mol. The highest BCUT2D eigenvalue weighted by atomic mass is 35.5. The summed E-state index contributed by atoms with van der Waals surface area (Å²) < 4.78 is 0. The number of likely N-dealkylation sites (tertiary alicyclic amines) is 1. The lowest BCUT2D eigenvalue weighted by atomic mass is 10.0. The van der Waals surface area contributed by atoms with Crippen LogP contribution in [0, 0.1) is 0 Å². The van der Waals surface area contributed by atoms with Crippen LogP contribution in [0.15, 0.2) is 36.5 Å². The number of aromatic amines is 1. The molecule has 3 heterocycles. The molecule has 1 aliphatic rings. The molecule has 0 bridgehead atoms. The average Bonchev–Trinajstić information content (AvgIpc) is 3.22. The largest absolute Gasteiger partial charge is 0.382 e. The zero-order chi connectivity index (χ0) is 16.7. The number of hydrogen-bond acceptors (Lipinski definition) is 4. The minimum atomic E-state index is -0.0880. The van der Waals surface area contributed by atoms with Gasteiger partial charge in [-0.2, -0.15) is 5.10 Å². The van der Waals surface area contributed by atoms with Gasteiger partial charge in [0.2, 0.25) is 0 Å². The van der Waals surface area contributed by atoms with Gasteiger partial charge in [-0.3, -0.25) is 9.89 Å². The first-order valence-corrected chi connectivity index (χ1v) is 8.17. The molecule has 3 N–H and O–H groups in total. The lowest BCUT2D eigenvalue weighted by Crippen LogP contribution is -2.31. The van der Waals surface area contributed by atoms with E-state index in [1.165, 1.54) is 0 Å². The van der Waals surface area contributed by atoms with Gasteiger partial charge in [-0.25, -0.2) is 4.98 Å². The first kappa shape index (κ1) is 15.0. The summed E-state index contributed by atoms with van der Waals surface area (Å²) >= 11 is 5.96. The van der Waals surface area contributed by atoms with Gasteiger partial charge in [0.25, 0.3) is 5.91 Å². The van der Waals surface area contributed by atoms with Gasteiger partial charge in [-0.15, -0.1) is 0 Å². The summed E-state index contributed by atoms with van der Waals surface area (Å²) in [6, 6.07) is 9.41. The van der Waals surface area contributed by atoms with Crippen LogP contribution in [0.5, 0.6) is 0 Å². The molecule has 4 rings (SSSR count). The number of rotatable bonds is 2. The minimum Gasteiger partial charge on any atom is -0.382 e. The van der Waals surface area contributed by atoms with Crippen LogP contribution >= 0.6 is 11.6 Å². The Hall–Kier alpha value is -2.60. The first-order valence-electron chi connectivity index (χ1n) is 7.79.